The van der Waals surface area contributed by atoms with Crippen molar-refractivity contribution in [3.05, 3.63) is 57.8 Å². The summed E-state index contributed by atoms with van der Waals surface area (Å²) in [7, 11) is 0. The number of aromatic carboxylic acids is 1. The highest BCUT2D eigenvalue weighted by molar-refractivity contribution is 5.85. The van der Waals surface area contributed by atoms with Crippen LogP contribution in [0.1, 0.15) is 16.1 Å². The SMILES string of the molecule is Cc1cc(Oc2cccc(C(=O)O)n2)ccc1[N+](=O)[O-]. The summed E-state index contributed by atoms with van der Waals surface area (Å²) < 4.78 is 5.39. The average Bonchev–Trinajstić information content (AvgIpc) is 2.38. The average molecular weight is 274 g/mol. The molecule has 20 heavy (non-hydrogen) atoms. The van der Waals surface area contributed by atoms with Crippen LogP contribution in [0.5, 0.6) is 11.6 Å². The van der Waals surface area contributed by atoms with Gasteiger partial charge in [0, 0.05) is 17.7 Å². The molecule has 0 saturated heterocycles. The molecule has 0 radical (unpaired) electrons. The van der Waals surface area contributed by atoms with Gasteiger partial charge in [-0.15, -0.1) is 0 Å². The Balaban J connectivity index is 2.26. The summed E-state index contributed by atoms with van der Waals surface area (Å²) in [5.74, 6) is -0.698. The maximum atomic E-state index is 10.8. The Hall–Kier alpha value is -2.96. The Labute approximate surface area is 113 Å². The van der Waals surface area contributed by atoms with Crippen LogP contribution in [0.3, 0.4) is 0 Å². The van der Waals surface area contributed by atoms with Gasteiger partial charge in [-0.05, 0) is 25.1 Å². The molecule has 1 aromatic heterocycles. The maximum absolute atomic E-state index is 10.8. The predicted molar refractivity (Wildman–Crippen MR) is 69.1 cm³/mol. The lowest BCUT2D eigenvalue weighted by atomic mass is 10.2. The largest absolute Gasteiger partial charge is 0.477 e. The van der Waals surface area contributed by atoms with E-state index in [1.807, 2.05) is 0 Å². The van der Waals surface area contributed by atoms with Crippen molar-refractivity contribution < 1.29 is 19.6 Å². The fraction of sp³-hybridized carbons (Fsp3) is 0.0769. The highest BCUT2D eigenvalue weighted by Crippen LogP contribution is 2.26. The number of pyridine rings is 1. The van der Waals surface area contributed by atoms with E-state index in [1.54, 1.807) is 6.92 Å². The van der Waals surface area contributed by atoms with Crippen molar-refractivity contribution in [2.75, 3.05) is 0 Å². The van der Waals surface area contributed by atoms with E-state index in [0.29, 0.717) is 11.3 Å². The van der Waals surface area contributed by atoms with E-state index >= 15 is 0 Å². The first kappa shape index (κ1) is 13.5. The Morgan fingerprint density at radius 2 is 2.10 bits per heavy atom. The van der Waals surface area contributed by atoms with Gasteiger partial charge in [-0.25, -0.2) is 9.78 Å². The maximum Gasteiger partial charge on any atom is 0.354 e. The summed E-state index contributed by atoms with van der Waals surface area (Å²) in [6, 6.07) is 8.60. The highest BCUT2D eigenvalue weighted by atomic mass is 16.6. The first-order chi connectivity index (χ1) is 9.47. The van der Waals surface area contributed by atoms with Gasteiger partial charge >= 0.3 is 5.97 Å². The quantitative estimate of drug-likeness (QED) is 0.679. The minimum atomic E-state index is -1.16. The standard InChI is InChI=1S/C13H10N2O5/c1-8-7-9(5-6-11(8)15(18)19)20-12-4-2-3-10(14-12)13(16)17/h2-7H,1H3,(H,16,17). The van der Waals surface area contributed by atoms with Crippen molar-refractivity contribution in [3.8, 4) is 11.6 Å². The van der Waals surface area contributed by atoms with Gasteiger partial charge in [0.05, 0.1) is 4.92 Å². The number of hydrogen-bond acceptors (Lipinski definition) is 5. The molecule has 1 aromatic carbocycles. The van der Waals surface area contributed by atoms with E-state index in [-0.39, 0.29) is 17.3 Å². The first-order valence-electron chi connectivity index (χ1n) is 5.60. The van der Waals surface area contributed by atoms with Crippen LogP contribution >= 0.6 is 0 Å². The molecule has 1 N–H and O–H groups in total. The zero-order valence-electron chi connectivity index (χ0n) is 10.4. The van der Waals surface area contributed by atoms with Crippen molar-refractivity contribution in [2.24, 2.45) is 0 Å². The topological polar surface area (TPSA) is 103 Å². The number of carboxylic acids is 1. The molecule has 0 bridgehead atoms. The molecule has 2 rings (SSSR count). The molecule has 0 aliphatic carbocycles. The normalized spacial score (nSPS) is 10.1. The van der Waals surface area contributed by atoms with Crippen molar-refractivity contribution in [1.82, 2.24) is 4.98 Å². The van der Waals surface area contributed by atoms with Crippen LogP contribution in [0.2, 0.25) is 0 Å². The fourth-order valence-electron chi connectivity index (χ4n) is 1.61. The molecule has 0 aliphatic heterocycles. The van der Waals surface area contributed by atoms with Gasteiger partial charge in [0.2, 0.25) is 5.88 Å². The van der Waals surface area contributed by atoms with Crippen LogP contribution in [0.15, 0.2) is 36.4 Å². The van der Waals surface area contributed by atoms with Gasteiger partial charge in [-0.1, -0.05) is 6.07 Å². The molecule has 0 aliphatic rings. The molecule has 2 aromatic rings. The number of nitrogens with zero attached hydrogens (tertiary/aromatic N) is 2. The van der Waals surface area contributed by atoms with Gasteiger partial charge in [0.25, 0.3) is 5.69 Å². The van der Waals surface area contributed by atoms with Crippen LogP contribution in [0.4, 0.5) is 5.69 Å². The summed E-state index contributed by atoms with van der Waals surface area (Å²) >= 11 is 0. The molecule has 0 fully saturated rings. The van der Waals surface area contributed by atoms with Crippen LogP contribution in [-0.2, 0) is 0 Å². The van der Waals surface area contributed by atoms with Crippen molar-refractivity contribution in [3.63, 3.8) is 0 Å². The molecule has 0 saturated carbocycles. The Kier molecular flexibility index (Phi) is 3.60. The lowest BCUT2D eigenvalue weighted by Crippen LogP contribution is -2.01. The van der Waals surface area contributed by atoms with Gasteiger partial charge in [0.15, 0.2) is 5.69 Å². The van der Waals surface area contributed by atoms with Gasteiger partial charge < -0.3 is 9.84 Å². The smallest absolute Gasteiger partial charge is 0.354 e. The third-order valence-corrected chi connectivity index (χ3v) is 2.53. The summed E-state index contributed by atoms with van der Waals surface area (Å²) in [6.45, 7) is 1.59. The summed E-state index contributed by atoms with van der Waals surface area (Å²) in [4.78, 5) is 24.8. The highest BCUT2D eigenvalue weighted by Gasteiger charge is 2.12. The lowest BCUT2D eigenvalue weighted by Gasteiger charge is -2.06. The summed E-state index contributed by atoms with van der Waals surface area (Å²) in [6.07, 6.45) is 0. The monoisotopic (exact) mass is 274 g/mol. The van der Waals surface area contributed by atoms with Crippen LogP contribution < -0.4 is 4.74 Å². The Morgan fingerprint density at radius 3 is 2.70 bits per heavy atom. The number of nitro groups is 1. The zero-order chi connectivity index (χ0) is 14.7. The number of ether oxygens (including phenoxy) is 1. The second kappa shape index (κ2) is 5.35. The number of hydrogen-bond donors (Lipinski definition) is 1. The zero-order valence-corrected chi connectivity index (χ0v) is 10.4. The van der Waals surface area contributed by atoms with E-state index in [1.165, 1.54) is 36.4 Å². The van der Waals surface area contributed by atoms with Gasteiger partial charge in [-0.2, -0.15) is 0 Å². The molecule has 7 nitrogen and oxygen atoms in total. The number of benzene rings is 1. The van der Waals surface area contributed by atoms with Gasteiger partial charge in [0.1, 0.15) is 5.75 Å². The third kappa shape index (κ3) is 2.89. The van der Waals surface area contributed by atoms with Crippen LogP contribution in [0.25, 0.3) is 0 Å². The van der Waals surface area contributed by atoms with Crippen LogP contribution in [0, 0.1) is 17.0 Å². The Morgan fingerprint density at radius 1 is 1.35 bits per heavy atom. The van der Waals surface area contributed by atoms with E-state index in [4.69, 9.17) is 9.84 Å². The first-order valence-corrected chi connectivity index (χ1v) is 5.60. The van der Waals surface area contributed by atoms with Gasteiger partial charge in [-0.3, -0.25) is 10.1 Å². The molecule has 102 valence electrons. The molecule has 0 atom stereocenters. The number of rotatable bonds is 4. The minimum absolute atomic E-state index is 0.00963. The second-order valence-corrected chi connectivity index (χ2v) is 3.97. The number of nitro benzene ring substituents is 1. The van der Waals surface area contributed by atoms with Crippen molar-refractivity contribution in [1.29, 1.82) is 0 Å². The third-order valence-electron chi connectivity index (χ3n) is 2.53. The lowest BCUT2D eigenvalue weighted by molar-refractivity contribution is -0.385. The molecule has 0 amide bonds. The second-order valence-electron chi connectivity index (χ2n) is 3.97. The summed E-state index contributed by atoms with van der Waals surface area (Å²) in [5.41, 5.74) is 0.299. The molecular formula is C13H10N2O5. The molecule has 0 spiro atoms. The number of aryl methyl sites for hydroxylation is 1. The summed E-state index contributed by atoms with van der Waals surface area (Å²) in [5, 5.41) is 19.5. The predicted octanol–water partition coefficient (Wildman–Crippen LogP) is 2.79. The van der Waals surface area contributed by atoms with E-state index < -0.39 is 10.9 Å². The van der Waals surface area contributed by atoms with Crippen molar-refractivity contribution in [2.45, 2.75) is 6.92 Å². The van der Waals surface area contributed by atoms with E-state index in [0.717, 1.165) is 0 Å². The fourth-order valence-corrected chi connectivity index (χ4v) is 1.61. The van der Waals surface area contributed by atoms with E-state index in [9.17, 15) is 14.9 Å². The molecule has 0 unspecified atom stereocenters. The van der Waals surface area contributed by atoms with E-state index in [2.05, 4.69) is 4.98 Å². The van der Waals surface area contributed by atoms with Crippen molar-refractivity contribution >= 4 is 11.7 Å². The van der Waals surface area contributed by atoms with Crippen LogP contribution in [-0.4, -0.2) is 21.0 Å². The molecule has 1 heterocycles. The number of carbonyl (C=O) groups is 1. The minimum Gasteiger partial charge on any atom is -0.477 e. The molecule has 7 heteroatoms. The number of aromatic nitrogens is 1. The number of carboxylic acid groups (broad SMARTS) is 1. The molecular weight excluding hydrogens is 264 g/mol. The Bertz CT molecular complexity index is 684.